The van der Waals surface area contributed by atoms with Crippen molar-refractivity contribution in [3.05, 3.63) is 69.9 Å². The zero-order chi connectivity index (χ0) is 21.4. The van der Waals surface area contributed by atoms with Crippen molar-refractivity contribution in [2.75, 3.05) is 19.2 Å². The molecule has 0 N–H and O–H groups in total. The Morgan fingerprint density at radius 3 is 1.87 bits per heavy atom. The molecule has 0 radical (unpaired) electrons. The number of aryl methyl sites for hydroxylation is 1. The number of rotatable bonds is 2. The summed E-state index contributed by atoms with van der Waals surface area (Å²) in [5, 5.41) is 3.93. The predicted molar refractivity (Wildman–Crippen MR) is 144 cm³/mol. The van der Waals surface area contributed by atoms with Gasteiger partial charge in [0.2, 0.25) is 0 Å². The Morgan fingerprint density at radius 1 is 0.806 bits per heavy atom. The van der Waals surface area contributed by atoms with Gasteiger partial charge in [-0.3, -0.25) is 0 Å². The first-order valence-electron chi connectivity index (χ1n) is 8.55. The lowest BCUT2D eigenvalue weighted by atomic mass is 10.1. The summed E-state index contributed by atoms with van der Waals surface area (Å²) in [6.07, 6.45) is 0. The van der Waals surface area contributed by atoms with Gasteiger partial charge in [-0.25, -0.2) is 9.59 Å². The summed E-state index contributed by atoms with van der Waals surface area (Å²) in [6.45, 7) is 2.03. The Kier molecular flexibility index (Phi) is 13.3. The molecule has 0 amide bonds. The molecule has 4 nitrogen and oxygen atoms in total. The van der Waals surface area contributed by atoms with Gasteiger partial charge in [0.25, 0.3) is 0 Å². The second-order valence-corrected chi connectivity index (χ2v) is 7.93. The van der Waals surface area contributed by atoms with E-state index in [0.29, 0.717) is 11.1 Å². The van der Waals surface area contributed by atoms with E-state index in [-0.39, 0.29) is 26.8 Å². The fourth-order valence-electron chi connectivity index (χ4n) is 2.76. The van der Waals surface area contributed by atoms with Gasteiger partial charge in [0, 0.05) is 25.0 Å². The van der Waals surface area contributed by atoms with Crippen molar-refractivity contribution in [2.45, 2.75) is 21.8 Å². The van der Waals surface area contributed by atoms with Crippen LogP contribution < -0.4 is 0 Å². The maximum atomic E-state index is 11.4. The van der Waals surface area contributed by atoms with Crippen LogP contribution in [0.1, 0.15) is 40.4 Å². The van der Waals surface area contributed by atoms with Crippen molar-refractivity contribution in [2.24, 2.45) is 0 Å². The molecule has 168 valence electrons. The van der Waals surface area contributed by atoms with Crippen LogP contribution in [0, 0.1) is 6.92 Å². The molecular formula is C24H29IO4S2. The summed E-state index contributed by atoms with van der Waals surface area (Å²) in [5.41, 5.74) is 1.29. The van der Waals surface area contributed by atoms with Crippen LogP contribution in [0.25, 0.3) is 20.2 Å². The van der Waals surface area contributed by atoms with Crippen LogP contribution in [-0.2, 0) is 9.47 Å². The smallest absolute Gasteiger partial charge is 0.338 e. The molecule has 4 aromatic rings. The van der Waals surface area contributed by atoms with E-state index in [1.54, 1.807) is 34.8 Å². The highest BCUT2D eigenvalue weighted by molar-refractivity contribution is 14.1. The molecule has 2 aromatic heterocycles. The molecule has 31 heavy (non-hydrogen) atoms. The molecule has 0 aliphatic carbocycles. The third-order valence-electron chi connectivity index (χ3n) is 3.99. The number of halogens is 1. The number of fused-ring (bicyclic) bond motifs is 2. The van der Waals surface area contributed by atoms with Gasteiger partial charge in [-0.2, -0.15) is 0 Å². The number of carbonyl (C=O) groups excluding carboxylic acids is 2. The van der Waals surface area contributed by atoms with Crippen LogP contribution in [0.4, 0.5) is 0 Å². The monoisotopic (exact) mass is 572 g/mol. The van der Waals surface area contributed by atoms with Crippen molar-refractivity contribution in [3.8, 4) is 0 Å². The van der Waals surface area contributed by atoms with Gasteiger partial charge in [-0.15, -0.1) is 22.7 Å². The number of methoxy groups -OCH3 is 2. The standard InChI is InChI=1S/C11H10O2S.C10H8O2S.CH3I.2CH4/c1-7-6-9-8(11(12)13-2)4-3-5-10(9)14-7;1-12-10(11)8-3-2-4-9-7(8)5-6-13-9;1-2;;/h3-6H,1-2H3;2-6H,1H3;1H3;2*1H4. The summed E-state index contributed by atoms with van der Waals surface area (Å²) in [5.74, 6) is -0.544. The average Bonchev–Trinajstić information content (AvgIpc) is 3.39. The first-order valence-corrected chi connectivity index (χ1v) is 12.4. The lowest BCUT2D eigenvalue weighted by molar-refractivity contribution is 0.0594. The molecule has 0 atom stereocenters. The normalized spacial score (nSPS) is 9.19. The Morgan fingerprint density at radius 2 is 1.32 bits per heavy atom. The fourth-order valence-corrected chi connectivity index (χ4v) is 4.52. The molecule has 7 heteroatoms. The van der Waals surface area contributed by atoms with E-state index in [4.69, 9.17) is 4.74 Å². The molecule has 4 rings (SSSR count). The van der Waals surface area contributed by atoms with Crippen LogP contribution in [0.3, 0.4) is 0 Å². The highest BCUT2D eigenvalue weighted by Gasteiger charge is 2.11. The topological polar surface area (TPSA) is 52.6 Å². The lowest BCUT2D eigenvalue weighted by Crippen LogP contribution is -2.00. The van der Waals surface area contributed by atoms with Crippen LogP contribution >= 0.6 is 45.3 Å². The molecule has 2 heterocycles. The maximum Gasteiger partial charge on any atom is 0.338 e. The summed E-state index contributed by atoms with van der Waals surface area (Å²) >= 11 is 5.46. The van der Waals surface area contributed by atoms with Crippen molar-refractivity contribution >= 4 is 77.4 Å². The van der Waals surface area contributed by atoms with Crippen molar-refractivity contribution in [1.82, 2.24) is 0 Å². The number of benzene rings is 2. The second-order valence-electron chi connectivity index (χ2n) is 5.70. The van der Waals surface area contributed by atoms with E-state index in [9.17, 15) is 9.59 Å². The summed E-state index contributed by atoms with van der Waals surface area (Å²) in [6, 6.07) is 15.3. The van der Waals surface area contributed by atoms with Crippen LogP contribution in [-0.4, -0.2) is 31.1 Å². The van der Waals surface area contributed by atoms with E-state index < -0.39 is 0 Å². The molecule has 0 aliphatic rings. The minimum atomic E-state index is -0.274. The highest BCUT2D eigenvalue weighted by atomic mass is 127. The minimum Gasteiger partial charge on any atom is -0.465 e. The van der Waals surface area contributed by atoms with E-state index >= 15 is 0 Å². The molecule has 0 fully saturated rings. The minimum absolute atomic E-state index is 0. The van der Waals surface area contributed by atoms with Crippen LogP contribution in [0.5, 0.6) is 0 Å². The fraction of sp³-hybridized carbons (Fsp3) is 0.250. The molecule has 0 bridgehead atoms. The third-order valence-corrected chi connectivity index (χ3v) is 5.89. The SMILES string of the molecule is C.C.CI.COC(=O)c1cccc2sc(C)cc12.COC(=O)c1cccc2sccc12. The number of hydrogen-bond acceptors (Lipinski definition) is 6. The average molecular weight is 573 g/mol. The number of carbonyl (C=O) groups is 2. The maximum absolute atomic E-state index is 11.4. The zero-order valence-corrected chi connectivity index (χ0v) is 20.3. The number of esters is 2. The molecule has 2 aromatic carbocycles. The Balaban J connectivity index is 0.000000508. The number of ether oxygens (including phenoxy) is 2. The number of thiophene rings is 2. The number of alkyl halides is 1. The second kappa shape index (κ2) is 14.2. The Bertz CT molecular complexity index is 1120. The largest absolute Gasteiger partial charge is 0.465 e. The zero-order valence-electron chi connectivity index (χ0n) is 16.5. The third kappa shape index (κ3) is 7.02. The first kappa shape index (κ1) is 29.0. The molecular weight excluding hydrogens is 543 g/mol. The highest BCUT2D eigenvalue weighted by Crippen LogP contribution is 2.28. The van der Waals surface area contributed by atoms with E-state index in [0.717, 1.165) is 20.2 Å². The van der Waals surface area contributed by atoms with Gasteiger partial charge in [0.1, 0.15) is 0 Å². The van der Waals surface area contributed by atoms with Crippen molar-refractivity contribution in [3.63, 3.8) is 0 Å². The van der Waals surface area contributed by atoms with E-state index in [1.165, 1.54) is 19.1 Å². The number of hydrogen-bond donors (Lipinski definition) is 0. The first-order chi connectivity index (χ1) is 14.0. The van der Waals surface area contributed by atoms with Crippen LogP contribution in [0.15, 0.2) is 53.9 Å². The van der Waals surface area contributed by atoms with Gasteiger partial charge in [0.15, 0.2) is 0 Å². The van der Waals surface area contributed by atoms with Gasteiger partial charge in [-0.1, -0.05) is 49.6 Å². The van der Waals surface area contributed by atoms with E-state index in [1.807, 2.05) is 53.6 Å². The Hall–Kier alpha value is -1.97. The van der Waals surface area contributed by atoms with Crippen molar-refractivity contribution < 1.29 is 19.1 Å². The van der Waals surface area contributed by atoms with Gasteiger partial charge >= 0.3 is 11.9 Å². The quantitative estimate of drug-likeness (QED) is 0.139. The molecule has 0 spiro atoms. The van der Waals surface area contributed by atoms with E-state index in [2.05, 4.69) is 27.3 Å². The molecule has 0 aliphatic heterocycles. The predicted octanol–water partition coefficient (Wildman–Crippen LogP) is 8.01. The molecule has 0 unspecified atom stereocenters. The summed E-state index contributed by atoms with van der Waals surface area (Å²) in [7, 11) is 2.80. The van der Waals surface area contributed by atoms with Gasteiger partial charge in [-0.05, 0) is 53.6 Å². The van der Waals surface area contributed by atoms with Crippen molar-refractivity contribution in [1.29, 1.82) is 0 Å². The van der Waals surface area contributed by atoms with Gasteiger partial charge < -0.3 is 9.47 Å². The van der Waals surface area contributed by atoms with Gasteiger partial charge in [0.05, 0.1) is 25.3 Å². The lowest BCUT2D eigenvalue weighted by Gasteiger charge is -1.99. The molecule has 0 saturated heterocycles. The summed E-state index contributed by atoms with van der Waals surface area (Å²) in [4.78, 5) is 25.9. The molecule has 0 saturated carbocycles. The summed E-state index contributed by atoms with van der Waals surface area (Å²) < 4.78 is 11.6. The van der Waals surface area contributed by atoms with Crippen LogP contribution in [0.2, 0.25) is 0 Å². The Labute approximate surface area is 206 Å².